The quantitative estimate of drug-likeness (QED) is 0.888. The fourth-order valence-corrected chi connectivity index (χ4v) is 4.01. The van der Waals surface area contributed by atoms with Crippen LogP contribution in [0.4, 0.5) is 10.1 Å². The Morgan fingerprint density at radius 2 is 2.04 bits per heavy atom. The minimum Gasteiger partial charge on any atom is -0.332 e. The van der Waals surface area contributed by atoms with Crippen molar-refractivity contribution in [2.45, 2.75) is 38.6 Å². The van der Waals surface area contributed by atoms with Gasteiger partial charge < -0.3 is 10.2 Å². The summed E-state index contributed by atoms with van der Waals surface area (Å²) in [5.74, 6) is -0.963. The van der Waals surface area contributed by atoms with E-state index in [1.165, 1.54) is 6.07 Å². The second-order valence-electron chi connectivity index (χ2n) is 7.05. The first-order valence-corrected chi connectivity index (χ1v) is 9.03. The van der Waals surface area contributed by atoms with Crippen LogP contribution < -0.4 is 5.32 Å². The summed E-state index contributed by atoms with van der Waals surface area (Å²) >= 11 is 0. The second-order valence-corrected chi connectivity index (χ2v) is 7.05. The molecule has 0 aromatic heterocycles. The first-order chi connectivity index (χ1) is 12.5. The van der Waals surface area contributed by atoms with Gasteiger partial charge in [-0.15, -0.1) is 0 Å². The SMILES string of the molecule is Cc1ccccc1C1CCCN1C(=O)c1cc2c(cc1F)NC(=O)CC2. The Bertz CT molecular complexity index is 894. The predicted octanol–water partition coefficient (Wildman–Crippen LogP) is 4.00. The number of rotatable bonds is 2. The Morgan fingerprint density at radius 1 is 1.23 bits per heavy atom. The zero-order chi connectivity index (χ0) is 18.3. The molecule has 0 bridgehead atoms. The van der Waals surface area contributed by atoms with Crippen molar-refractivity contribution in [2.24, 2.45) is 0 Å². The molecule has 2 aromatic rings. The van der Waals surface area contributed by atoms with Crippen LogP contribution in [-0.4, -0.2) is 23.3 Å². The molecular formula is C21H21FN2O2. The van der Waals surface area contributed by atoms with Crippen LogP contribution in [0.5, 0.6) is 0 Å². The van der Waals surface area contributed by atoms with Gasteiger partial charge in [-0.1, -0.05) is 24.3 Å². The fourth-order valence-electron chi connectivity index (χ4n) is 4.01. The van der Waals surface area contributed by atoms with Crippen molar-refractivity contribution in [2.75, 3.05) is 11.9 Å². The number of carbonyl (C=O) groups is 2. The summed E-state index contributed by atoms with van der Waals surface area (Å²) in [6.07, 6.45) is 2.69. The molecular weight excluding hydrogens is 331 g/mol. The molecule has 5 heteroatoms. The van der Waals surface area contributed by atoms with Crippen LogP contribution in [0.2, 0.25) is 0 Å². The highest BCUT2D eigenvalue weighted by Gasteiger charge is 2.33. The highest BCUT2D eigenvalue weighted by Crippen LogP contribution is 2.36. The van der Waals surface area contributed by atoms with Crippen LogP contribution in [0, 0.1) is 12.7 Å². The van der Waals surface area contributed by atoms with E-state index in [1.54, 1.807) is 11.0 Å². The summed E-state index contributed by atoms with van der Waals surface area (Å²) in [6.45, 7) is 2.67. The van der Waals surface area contributed by atoms with Gasteiger partial charge in [-0.3, -0.25) is 9.59 Å². The van der Waals surface area contributed by atoms with Gasteiger partial charge in [0.05, 0.1) is 11.6 Å². The Kier molecular flexibility index (Phi) is 4.23. The van der Waals surface area contributed by atoms with Crippen molar-refractivity contribution in [3.8, 4) is 0 Å². The normalized spacial score (nSPS) is 19.2. The highest BCUT2D eigenvalue weighted by atomic mass is 19.1. The third-order valence-electron chi connectivity index (χ3n) is 5.38. The molecule has 1 unspecified atom stereocenters. The molecule has 4 rings (SSSR count). The van der Waals surface area contributed by atoms with E-state index in [0.717, 1.165) is 29.5 Å². The average Bonchev–Trinajstić information content (AvgIpc) is 3.10. The number of hydrogen-bond donors (Lipinski definition) is 1. The van der Waals surface area contributed by atoms with Crippen molar-refractivity contribution in [1.82, 2.24) is 4.90 Å². The molecule has 0 aliphatic carbocycles. The lowest BCUT2D eigenvalue weighted by atomic mass is 9.97. The monoisotopic (exact) mass is 352 g/mol. The molecule has 0 spiro atoms. The van der Waals surface area contributed by atoms with Crippen LogP contribution >= 0.6 is 0 Å². The number of halogens is 1. The van der Waals surface area contributed by atoms with E-state index in [0.29, 0.717) is 25.1 Å². The topological polar surface area (TPSA) is 49.4 Å². The third kappa shape index (κ3) is 2.87. The molecule has 4 nitrogen and oxygen atoms in total. The van der Waals surface area contributed by atoms with E-state index >= 15 is 0 Å². The largest absolute Gasteiger partial charge is 0.332 e. The van der Waals surface area contributed by atoms with Crippen molar-refractivity contribution in [3.05, 3.63) is 64.5 Å². The van der Waals surface area contributed by atoms with Gasteiger partial charge in [-0.05, 0) is 55.0 Å². The van der Waals surface area contributed by atoms with E-state index in [1.807, 2.05) is 31.2 Å². The number of aryl methyl sites for hydroxylation is 2. The maximum Gasteiger partial charge on any atom is 0.257 e. The zero-order valence-corrected chi connectivity index (χ0v) is 14.7. The maximum atomic E-state index is 14.6. The predicted molar refractivity (Wildman–Crippen MR) is 97.5 cm³/mol. The highest BCUT2D eigenvalue weighted by molar-refractivity contribution is 5.98. The van der Waals surface area contributed by atoms with Gasteiger partial charge >= 0.3 is 0 Å². The van der Waals surface area contributed by atoms with Crippen LogP contribution in [0.15, 0.2) is 36.4 Å². The first kappa shape index (κ1) is 16.8. The maximum absolute atomic E-state index is 14.6. The van der Waals surface area contributed by atoms with E-state index in [9.17, 15) is 14.0 Å². The number of nitrogens with one attached hydrogen (secondary N) is 1. The number of likely N-dealkylation sites (tertiary alicyclic amines) is 1. The lowest BCUT2D eigenvalue weighted by Gasteiger charge is -2.27. The summed E-state index contributed by atoms with van der Waals surface area (Å²) in [5, 5.41) is 2.67. The molecule has 2 aliphatic heterocycles. The number of nitrogens with zero attached hydrogens (tertiary/aromatic N) is 1. The Labute approximate surface area is 152 Å². The van der Waals surface area contributed by atoms with E-state index in [2.05, 4.69) is 5.32 Å². The number of anilines is 1. The molecule has 1 atom stereocenters. The average molecular weight is 352 g/mol. The minimum atomic E-state index is -0.577. The standard InChI is InChI=1S/C21H21FN2O2/c1-13-5-2-3-6-15(13)19-7-4-10-24(19)21(26)16-11-14-8-9-20(25)23-18(14)12-17(16)22/h2-3,5-6,11-12,19H,4,7-10H2,1H3,(H,23,25). The van der Waals surface area contributed by atoms with Crippen LogP contribution in [-0.2, 0) is 11.2 Å². The molecule has 26 heavy (non-hydrogen) atoms. The number of hydrogen-bond acceptors (Lipinski definition) is 2. The number of carbonyl (C=O) groups excluding carboxylic acids is 2. The van der Waals surface area contributed by atoms with Crippen molar-refractivity contribution in [1.29, 1.82) is 0 Å². The molecule has 0 saturated carbocycles. The molecule has 2 aromatic carbocycles. The fraction of sp³-hybridized carbons (Fsp3) is 0.333. The summed E-state index contributed by atoms with van der Waals surface area (Å²) in [7, 11) is 0. The van der Waals surface area contributed by atoms with Gasteiger partial charge in [0.15, 0.2) is 0 Å². The Balaban J connectivity index is 1.67. The van der Waals surface area contributed by atoms with Crippen molar-refractivity contribution in [3.63, 3.8) is 0 Å². The van der Waals surface area contributed by atoms with Gasteiger partial charge in [0, 0.05) is 18.7 Å². The number of benzene rings is 2. The van der Waals surface area contributed by atoms with Gasteiger partial charge in [-0.2, -0.15) is 0 Å². The Hall–Kier alpha value is -2.69. The summed E-state index contributed by atoms with van der Waals surface area (Å²) < 4.78 is 14.6. The molecule has 134 valence electrons. The smallest absolute Gasteiger partial charge is 0.257 e. The second kappa shape index (κ2) is 6.56. The minimum absolute atomic E-state index is 0.0150. The van der Waals surface area contributed by atoms with Gasteiger partial charge in [0.2, 0.25) is 5.91 Å². The van der Waals surface area contributed by atoms with Gasteiger partial charge in [0.25, 0.3) is 5.91 Å². The van der Waals surface area contributed by atoms with E-state index in [4.69, 9.17) is 0 Å². The lowest BCUT2D eigenvalue weighted by Crippen LogP contribution is -2.32. The molecule has 0 radical (unpaired) electrons. The number of fused-ring (bicyclic) bond motifs is 1. The molecule has 1 N–H and O–H groups in total. The first-order valence-electron chi connectivity index (χ1n) is 9.03. The molecule has 2 aliphatic rings. The molecule has 2 heterocycles. The summed E-state index contributed by atoms with van der Waals surface area (Å²) in [4.78, 5) is 26.4. The Morgan fingerprint density at radius 3 is 2.85 bits per heavy atom. The number of amides is 2. The third-order valence-corrected chi connectivity index (χ3v) is 5.38. The summed E-state index contributed by atoms with van der Waals surface area (Å²) in [5.41, 5.74) is 3.67. The molecule has 1 fully saturated rings. The van der Waals surface area contributed by atoms with Gasteiger partial charge in [-0.25, -0.2) is 4.39 Å². The van der Waals surface area contributed by atoms with E-state index in [-0.39, 0.29) is 23.4 Å². The van der Waals surface area contributed by atoms with Crippen LogP contribution in [0.1, 0.15) is 52.4 Å². The molecule has 2 amide bonds. The van der Waals surface area contributed by atoms with Crippen LogP contribution in [0.25, 0.3) is 0 Å². The van der Waals surface area contributed by atoms with E-state index < -0.39 is 5.82 Å². The zero-order valence-electron chi connectivity index (χ0n) is 14.7. The van der Waals surface area contributed by atoms with Crippen molar-refractivity contribution >= 4 is 17.5 Å². The van der Waals surface area contributed by atoms with Crippen molar-refractivity contribution < 1.29 is 14.0 Å². The molecule has 1 saturated heterocycles. The van der Waals surface area contributed by atoms with Gasteiger partial charge in [0.1, 0.15) is 5.82 Å². The summed E-state index contributed by atoms with van der Waals surface area (Å²) in [6, 6.07) is 10.9. The lowest BCUT2D eigenvalue weighted by molar-refractivity contribution is -0.116. The van der Waals surface area contributed by atoms with Crippen LogP contribution in [0.3, 0.4) is 0 Å².